The minimum atomic E-state index is -1.06. The minimum absolute atomic E-state index is 0.0895. The third-order valence-corrected chi connectivity index (χ3v) is 2.86. The van der Waals surface area contributed by atoms with E-state index in [0.29, 0.717) is 5.69 Å². The van der Waals surface area contributed by atoms with Crippen molar-refractivity contribution in [3.63, 3.8) is 0 Å². The van der Waals surface area contributed by atoms with Gasteiger partial charge < -0.3 is 9.84 Å². The first kappa shape index (κ1) is 17.0. The number of carboxylic acids is 1. The van der Waals surface area contributed by atoms with Crippen LogP contribution in [0.25, 0.3) is 0 Å². The Balaban J connectivity index is 3.02. The van der Waals surface area contributed by atoms with Crippen LogP contribution in [-0.2, 0) is 18.3 Å². The lowest BCUT2D eigenvalue weighted by molar-refractivity contribution is 0.0165. The summed E-state index contributed by atoms with van der Waals surface area (Å²) in [7, 11) is 1.65. The highest BCUT2D eigenvalue weighted by atomic mass is 16.6. The Morgan fingerprint density at radius 3 is 2.43 bits per heavy atom. The zero-order valence-electron chi connectivity index (χ0n) is 13.4. The fourth-order valence-corrected chi connectivity index (χ4v) is 1.77. The van der Waals surface area contributed by atoms with Crippen molar-refractivity contribution in [2.24, 2.45) is 7.05 Å². The second-order valence-corrected chi connectivity index (χ2v) is 6.14. The van der Waals surface area contributed by atoms with Gasteiger partial charge in [0, 0.05) is 13.1 Å². The lowest BCUT2D eigenvalue weighted by atomic mass is 10.2. The number of rotatable bonds is 4. The minimum Gasteiger partial charge on any atom is -0.478 e. The highest BCUT2D eigenvalue weighted by molar-refractivity contribution is 5.88. The Hall–Kier alpha value is -2.05. The van der Waals surface area contributed by atoms with E-state index in [1.165, 1.54) is 15.8 Å². The van der Waals surface area contributed by atoms with E-state index >= 15 is 0 Å². The van der Waals surface area contributed by atoms with E-state index in [9.17, 15) is 9.59 Å². The normalized spacial score (nSPS) is 11.6. The van der Waals surface area contributed by atoms with Gasteiger partial charge in [0.1, 0.15) is 11.2 Å². The van der Waals surface area contributed by atoms with Crippen molar-refractivity contribution < 1.29 is 19.4 Å². The molecule has 0 aliphatic heterocycles. The van der Waals surface area contributed by atoms with Crippen LogP contribution < -0.4 is 0 Å². The van der Waals surface area contributed by atoms with Crippen molar-refractivity contribution in [3.05, 3.63) is 17.5 Å². The Morgan fingerprint density at radius 2 is 2.00 bits per heavy atom. The molecule has 0 fully saturated rings. The maximum atomic E-state index is 12.2. The van der Waals surface area contributed by atoms with Crippen LogP contribution in [0.5, 0.6) is 0 Å². The van der Waals surface area contributed by atoms with Gasteiger partial charge in [-0.1, -0.05) is 0 Å². The lowest BCUT2D eigenvalue weighted by Crippen LogP contribution is -2.41. The Morgan fingerprint density at radius 1 is 1.43 bits per heavy atom. The van der Waals surface area contributed by atoms with Gasteiger partial charge in [-0.3, -0.25) is 9.58 Å². The van der Waals surface area contributed by atoms with Gasteiger partial charge in [0.05, 0.1) is 18.4 Å². The molecule has 0 saturated heterocycles. The van der Waals surface area contributed by atoms with E-state index < -0.39 is 17.7 Å². The first-order valence-corrected chi connectivity index (χ1v) is 6.76. The van der Waals surface area contributed by atoms with Crippen molar-refractivity contribution >= 4 is 12.1 Å². The molecule has 0 aromatic carbocycles. The predicted octanol–water partition coefficient (Wildman–Crippen LogP) is 2.26. The van der Waals surface area contributed by atoms with Gasteiger partial charge in [-0.2, -0.15) is 5.10 Å². The van der Waals surface area contributed by atoms with Crippen LogP contribution in [0.15, 0.2) is 6.20 Å². The number of aromatic carboxylic acids is 1. The molecule has 0 aliphatic carbocycles. The molecule has 21 heavy (non-hydrogen) atoms. The quantitative estimate of drug-likeness (QED) is 0.921. The maximum Gasteiger partial charge on any atom is 0.410 e. The molecule has 0 spiro atoms. The van der Waals surface area contributed by atoms with Crippen molar-refractivity contribution in [3.8, 4) is 0 Å². The smallest absolute Gasteiger partial charge is 0.410 e. The van der Waals surface area contributed by atoms with Crippen LogP contribution in [-0.4, -0.2) is 43.5 Å². The zero-order valence-corrected chi connectivity index (χ0v) is 13.4. The van der Waals surface area contributed by atoms with Crippen molar-refractivity contribution in [1.29, 1.82) is 0 Å². The van der Waals surface area contributed by atoms with E-state index in [1.54, 1.807) is 27.8 Å². The van der Waals surface area contributed by atoms with E-state index in [0.717, 1.165) is 0 Å². The maximum absolute atomic E-state index is 12.2. The third-order valence-electron chi connectivity index (χ3n) is 2.86. The molecule has 1 heterocycles. The van der Waals surface area contributed by atoms with Gasteiger partial charge in [-0.15, -0.1) is 0 Å². The number of carboxylic acid groups (broad SMARTS) is 1. The third kappa shape index (κ3) is 4.47. The van der Waals surface area contributed by atoms with E-state index in [1.807, 2.05) is 13.8 Å². The molecule has 1 aromatic rings. The van der Waals surface area contributed by atoms with Crippen molar-refractivity contribution in [2.45, 2.75) is 52.8 Å². The zero-order chi connectivity index (χ0) is 16.4. The summed E-state index contributed by atoms with van der Waals surface area (Å²) in [6, 6.07) is -0.128. The number of aromatic nitrogens is 2. The number of amides is 1. The van der Waals surface area contributed by atoms with E-state index in [-0.39, 0.29) is 18.2 Å². The summed E-state index contributed by atoms with van der Waals surface area (Å²) in [5.74, 6) is -1.06. The van der Waals surface area contributed by atoms with E-state index in [4.69, 9.17) is 9.84 Å². The van der Waals surface area contributed by atoms with Crippen LogP contribution in [0.4, 0.5) is 4.79 Å². The van der Waals surface area contributed by atoms with Gasteiger partial charge in [0.2, 0.25) is 0 Å². The number of ether oxygens (including phenoxy) is 1. The Kier molecular flexibility index (Phi) is 4.98. The van der Waals surface area contributed by atoms with Gasteiger partial charge in [-0.05, 0) is 34.6 Å². The monoisotopic (exact) mass is 297 g/mol. The molecule has 0 bridgehead atoms. The van der Waals surface area contributed by atoms with Crippen molar-refractivity contribution in [1.82, 2.24) is 14.7 Å². The van der Waals surface area contributed by atoms with Crippen LogP contribution in [0, 0.1) is 0 Å². The predicted molar refractivity (Wildman–Crippen MR) is 77.1 cm³/mol. The fraction of sp³-hybridized carbons (Fsp3) is 0.643. The van der Waals surface area contributed by atoms with Crippen LogP contribution >= 0.6 is 0 Å². The topological polar surface area (TPSA) is 84.7 Å². The fourth-order valence-electron chi connectivity index (χ4n) is 1.77. The number of hydrogen-bond donors (Lipinski definition) is 1. The summed E-state index contributed by atoms with van der Waals surface area (Å²) < 4.78 is 6.82. The summed E-state index contributed by atoms with van der Waals surface area (Å²) in [5, 5.41) is 13.1. The summed E-state index contributed by atoms with van der Waals surface area (Å²) in [4.78, 5) is 24.9. The van der Waals surface area contributed by atoms with Crippen LogP contribution in [0.2, 0.25) is 0 Å². The Labute approximate surface area is 124 Å². The summed E-state index contributed by atoms with van der Waals surface area (Å²) >= 11 is 0. The molecule has 0 radical (unpaired) electrons. The summed E-state index contributed by atoms with van der Waals surface area (Å²) in [6.07, 6.45) is 0.806. The van der Waals surface area contributed by atoms with Gasteiger partial charge in [0.25, 0.3) is 0 Å². The molecule has 0 aliphatic rings. The highest BCUT2D eigenvalue weighted by Gasteiger charge is 2.27. The van der Waals surface area contributed by atoms with Gasteiger partial charge >= 0.3 is 12.1 Å². The first-order valence-electron chi connectivity index (χ1n) is 6.76. The molecule has 118 valence electrons. The standard InChI is InChI=1S/C14H23N3O4/c1-9(2)17(13(20)21-14(3,4)5)8-11-10(12(18)19)7-15-16(11)6/h7,9H,8H2,1-6H3,(H,18,19). The number of carbonyl (C=O) groups excluding carboxylic acids is 1. The van der Waals surface area contributed by atoms with Gasteiger partial charge in [0.15, 0.2) is 0 Å². The molecule has 0 atom stereocenters. The molecule has 0 unspecified atom stereocenters. The second kappa shape index (κ2) is 6.15. The molecule has 0 saturated carbocycles. The Bertz CT molecular complexity index is 529. The van der Waals surface area contributed by atoms with Gasteiger partial charge in [-0.25, -0.2) is 9.59 Å². The van der Waals surface area contributed by atoms with Crippen molar-refractivity contribution in [2.75, 3.05) is 0 Å². The second-order valence-electron chi connectivity index (χ2n) is 6.14. The molecule has 7 nitrogen and oxygen atoms in total. The molecule has 1 aromatic heterocycles. The molecule has 1 N–H and O–H groups in total. The molecular formula is C14H23N3O4. The molecule has 7 heteroatoms. The van der Waals surface area contributed by atoms with Crippen LogP contribution in [0.3, 0.4) is 0 Å². The number of nitrogens with zero attached hydrogens (tertiary/aromatic N) is 3. The molecular weight excluding hydrogens is 274 g/mol. The summed E-state index contributed by atoms with van der Waals surface area (Å²) in [5.41, 5.74) is -0.0551. The first-order chi connectivity index (χ1) is 9.53. The SMILES string of the molecule is CC(C)N(Cc1c(C(=O)O)cnn1C)C(=O)OC(C)(C)C. The average molecular weight is 297 g/mol. The number of carbonyl (C=O) groups is 2. The summed E-state index contributed by atoms with van der Waals surface area (Å²) in [6.45, 7) is 9.19. The largest absolute Gasteiger partial charge is 0.478 e. The number of hydrogen-bond acceptors (Lipinski definition) is 4. The van der Waals surface area contributed by atoms with Crippen LogP contribution in [0.1, 0.15) is 50.7 Å². The lowest BCUT2D eigenvalue weighted by Gasteiger charge is -2.30. The highest BCUT2D eigenvalue weighted by Crippen LogP contribution is 2.17. The number of aryl methyl sites for hydroxylation is 1. The average Bonchev–Trinajstić information content (AvgIpc) is 2.64. The van der Waals surface area contributed by atoms with E-state index in [2.05, 4.69) is 5.10 Å². The molecule has 1 amide bonds. The molecule has 1 rings (SSSR count).